The van der Waals surface area contributed by atoms with E-state index in [0.717, 1.165) is 49.3 Å². The molecule has 1 atom stereocenters. The maximum atomic E-state index is 13.3. The summed E-state index contributed by atoms with van der Waals surface area (Å²) >= 11 is 0. The third-order valence-electron chi connectivity index (χ3n) is 6.28. The van der Waals surface area contributed by atoms with Gasteiger partial charge in [0.25, 0.3) is 5.91 Å². The number of amides is 1. The first kappa shape index (κ1) is 26.3. The molecule has 1 spiro atoms. The molecule has 3 aromatic rings. The second kappa shape index (κ2) is 11.1. The number of nitrogens with zero attached hydrogens (tertiary/aromatic N) is 5. The second-order valence-corrected chi connectivity index (χ2v) is 9.05. The molecule has 0 saturated carbocycles. The van der Waals surface area contributed by atoms with Gasteiger partial charge in [0.1, 0.15) is 5.69 Å². The first-order valence-electron chi connectivity index (χ1n) is 11.7. The molecule has 0 bridgehead atoms. The van der Waals surface area contributed by atoms with Crippen molar-refractivity contribution in [2.75, 3.05) is 44.3 Å². The quantitative estimate of drug-likeness (QED) is 0.551. The fourth-order valence-corrected chi connectivity index (χ4v) is 4.59. The molecule has 2 aliphatic rings. The number of ether oxygens (including phenoxy) is 1. The van der Waals surface area contributed by atoms with Crippen molar-refractivity contribution in [3.8, 4) is 0 Å². The monoisotopic (exact) mass is 517 g/mol. The van der Waals surface area contributed by atoms with Crippen molar-refractivity contribution in [2.45, 2.75) is 19.0 Å². The number of fused-ring (bicyclic) bond motifs is 1. The zero-order chi connectivity index (χ0) is 26.5. The van der Waals surface area contributed by atoms with Crippen LogP contribution in [-0.2, 0) is 9.53 Å². The highest BCUT2D eigenvalue weighted by molar-refractivity contribution is 5.95. The number of carboxylic acids is 1. The Kier molecular flexibility index (Phi) is 7.86. The number of hydrogen-bond acceptors (Lipinski definition) is 7. The fourth-order valence-electron chi connectivity index (χ4n) is 4.59. The van der Waals surface area contributed by atoms with Gasteiger partial charge in [-0.2, -0.15) is 13.2 Å². The molecule has 2 aromatic heterocycles. The van der Waals surface area contributed by atoms with E-state index in [1.807, 2.05) is 47.4 Å². The van der Waals surface area contributed by atoms with Gasteiger partial charge in [-0.15, -0.1) is 0 Å². The maximum Gasteiger partial charge on any atom is 0.490 e. The number of hydrogen-bond donors (Lipinski definition) is 1. The molecule has 2 saturated heterocycles. The van der Waals surface area contributed by atoms with Gasteiger partial charge in [0.05, 0.1) is 18.7 Å². The summed E-state index contributed by atoms with van der Waals surface area (Å²) in [6.07, 6.45) is 0.420. The summed E-state index contributed by atoms with van der Waals surface area (Å²) in [5, 5.41) is 8.17. The van der Waals surface area contributed by atoms with E-state index in [-0.39, 0.29) is 11.3 Å². The zero-order valence-corrected chi connectivity index (χ0v) is 19.9. The van der Waals surface area contributed by atoms with Gasteiger partial charge >= 0.3 is 12.1 Å². The number of para-hydroxylation sites is 1. The van der Waals surface area contributed by atoms with Crippen molar-refractivity contribution in [3.05, 3.63) is 60.6 Å². The molecule has 196 valence electrons. The van der Waals surface area contributed by atoms with Crippen LogP contribution in [0.15, 0.2) is 54.9 Å². The highest BCUT2D eigenvalue weighted by Crippen LogP contribution is 2.34. The first-order chi connectivity index (χ1) is 17.7. The number of carbonyl (C=O) groups is 2. The molecule has 2 aliphatic heterocycles. The van der Waals surface area contributed by atoms with E-state index in [2.05, 4.69) is 19.9 Å². The minimum Gasteiger partial charge on any atom is -0.475 e. The van der Waals surface area contributed by atoms with E-state index >= 15 is 0 Å². The third-order valence-corrected chi connectivity index (χ3v) is 6.28. The van der Waals surface area contributed by atoms with Crippen LogP contribution in [0.3, 0.4) is 0 Å². The zero-order valence-electron chi connectivity index (χ0n) is 19.9. The van der Waals surface area contributed by atoms with E-state index in [0.29, 0.717) is 25.5 Å². The summed E-state index contributed by atoms with van der Waals surface area (Å²) in [4.78, 5) is 39.8. The van der Waals surface area contributed by atoms with Crippen LogP contribution in [-0.4, -0.2) is 82.4 Å². The number of piperidine rings is 1. The number of aliphatic carboxylic acids is 1. The molecular formula is C25H26F3N5O4. The van der Waals surface area contributed by atoms with Crippen LogP contribution in [0.5, 0.6) is 0 Å². The summed E-state index contributed by atoms with van der Waals surface area (Å²) in [5.74, 6) is -2.04. The minimum absolute atomic E-state index is 0.00779. The topological polar surface area (TPSA) is 109 Å². The van der Waals surface area contributed by atoms with Crippen LogP contribution in [0.2, 0.25) is 0 Å². The predicted octanol–water partition coefficient (Wildman–Crippen LogP) is 3.42. The smallest absolute Gasteiger partial charge is 0.475 e. The number of likely N-dealkylation sites (tertiary alicyclic amines) is 1. The molecule has 0 radical (unpaired) electrons. The Balaban J connectivity index is 0.000000405. The van der Waals surface area contributed by atoms with Crippen LogP contribution in [0.25, 0.3) is 10.9 Å². The Morgan fingerprint density at radius 1 is 1.00 bits per heavy atom. The average molecular weight is 518 g/mol. The SMILES string of the molecule is O=C(O)C(F)(F)F.O=C(c1ccc2ccccc2n1)N1CCCC2(COCCN(c3ncccn3)C2)C1. The molecular weight excluding hydrogens is 491 g/mol. The normalized spacial score (nSPS) is 20.2. The predicted molar refractivity (Wildman–Crippen MR) is 128 cm³/mol. The highest BCUT2D eigenvalue weighted by Gasteiger charge is 2.41. The lowest BCUT2D eigenvalue weighted by Crippen LogP contribution is -2.52. The van der Waals surface area contributed by atoms with Crippen molar-refractivity contribution in [3.63, 3.8) is 0 Å². The van der Waals surface area contributed by atoms with Gasteiger partial charge in [-0.1, -0.05) is 24.3 Å². The largest absolute Gasteiger partial charge is 0.490 e. The summed E-state index contributed by atoms with van der Waals surface area (Å²) in [6.45, 7) is 4.23. The standard InChI is InChI=1S/C23H25N5O2.C2HF3O2/c29-21(20-8-7-18-5-1-2-6-19(18)26-20)27-12-3-9-23(15-27)16-28(13-14-30-17-23)22-24-10-4-11-25-22;3-2(4,5)1(6)7/h1-2,4-8,10-11H,3,9,12-17H2;(H,6,7). The number of halogens is 3. The van der Waals surface area contributed by atoms with Gasteiger partial charge in [0.15, 0.2) is 0 Å². The van der Waals surface area contributed by atoms with Gasteiger partial charge < -0.3 is 19.6 Å². The molecule has 1 unspecified atom stereocenters. The molecule has 1 amide bonds. The van der Waals surface area contributed by atoms with Crippen molar-refractivity contribution in [1.82, 2.24) is 19.9 Å². The molecule has 4 heterocycles. The lowest BCUT2D eigenvalue weighted by Gasteiger charge is -2.43. The van der Waals surface area contributed by atoms with Gasteiger partial charge in [0, 0.05) is 49.4 Å². The van der Waals surface area contributed by atoms with Crippen molar-refractivity contribution < 1.29 is 32.6 Å². The van der Waals surface area contributed by atoms with Crippen LogP contribution in [0.4, 0.5) is 19.1 Å². The average Bonchev–Trinajstić information content (AvgIpc) is 3.10. The van der Waals surface area contributed by atoms with Crippen molar-refractivity contribution >= 4 is 28.7 Å². The number of benzene rings is 1. The van der Waals surface area contributed by atoms with Crippen LogP contribution in [0.1, 0.15) is 23.3 Å². The number of alkyl halides is 3. The lowest BCUT2D eigenvalue weighted by molar-refractivity contribution is -0.192. The Morgan fingerprint density at radius 3 is 2.46 bits per heavy atom. The highest BCUT2D eigenvalue weighted by atomic mass is 19.4. The second-order valence-electron chi connectivity index (χ2n) is 9.05. The summed E-state index contributed by atoms with van der Waals surface area (Å²) in [7, 11) is 0. The van der Waals surface area contributed by atoms with E-state index < -0.39 is 12.1 Å². The number of aromatic nitrogens is 3. The fraction of sp³-hybridized carbons (Fsp3) is 0.400. The van der Waals surface area contributed by atoms with E-state index in [4.69, 9.17) is 14.6 Å². The maximum absolute atomic E-state index is 13.3. The minimum atomic E-state index is -5.08. The van der Waals surface area contributed by atoms with Crippen LogP contribution in [0, 0.1) is 5.41 Å². The molecule has 37 heavy (non-hydrogen) atoms. The van der Waals surface area contributed by atoms with E-state index in [1.54, 1.807) is 12.4 Å². The number of pyridine rings is 1. The Hall–Kier alpha value is -3.80. The first-order valence-corrected chi connectivity index (χ1v) is 11.7. The van der Waals surface area contributed by atoms with Gasteiger partial charge in [-0.3, -0.25) is 4.79 Å². The van der Waals surface area contributed by atoms with Gasteiger partial charge in [-0.05, 0) is 31.0 Å². The number of rotatable bonds is 2. The summed E-state index contributed by atoms with van der Waals surface area (Å²) in [5.41, 5.74) is 1.23. The lowest BCUT2D eigenvalue weighted by atomic mass is 9.80. The number of anilines is 1. The third kappa shape index (κ3) is 6.50. The molecule has 9 nitrogen and oxygen atoms in total. The Bertz CT molecular complexity index is 1240. The van der Waals surface area contributed by atoms with Gasteiger partial charge in [0.2, 0.25) is 5.95 Å². The van der Waals surface area contributed by atoms with Crippen LogP contribution >= 0.6 is 0 Å². The molecule has 5 rings (SSSR count). The number of carbonyl (C=O) groups excluding carboxylic acids is 1. The van der Waals surface area contributed by atoms with E-state index in [1.165, 1.54) is 0 Å². The van der Waals surface area contributed by atoms with Crippen molar-refractivity contribution in [1.29, 1.82) is 0 Å². The Labute approximate surface area is 210 Å². The summed E-state index contributed by atoms with van der Waals surface area (Å²) in [6, 6.07) is 13.5. The summed E-state index contributed by atoms with van der Waals surface area (Å²) < 4.78 is 37.7. The number of carboxylic acid groups (broad SMARTS) is 1. The van der Waals surface area contributed by atoms with Gasteiger partial charge in [-0.25, -0.2) is 19.7 Å². The molecule has 2 fully saturated rings. The Morgan fingerprint density at radius 2 is 1.73 bits per heavy atom. The van der Waals surface area contributed by atoms with Crippen molar-refractivity contribution in [2.24, 2.45) is 5.41 Å². The molecule has 1 aromatic carbocycles. The van der Waals surface area contributed by atoms with Crippen LogP contribution < -0.4 is 4.90 Å². The molecule has 12 heteroatoms. The molecule has 0 aliphatic carbocycles. The molecule has 1 N–H and O–H groups in total. The van der Waals surface area contributed by atoms with E-state index in [9.17, 15) is 18.0 Å².